The van der Waals surface area contributed by atoms with Crippen molar-refractivity contribution in [3.05, 3.63) is 18.5 Å². The number of ether oxygens (including phenoxy) is 1. The molecule has 0 radical (unpaired) electrons. The summed E-state index contributed by atoms with van der Waals surface area (Å²) < 4.78 is 7.28. The average Bonchev–Trinajstić information content (AvgIpc) is 3.01. The number of nitrogens with zero attached hydrogens (tertiary/aromatic N) is 6. The van der Waals surface area contributed by atoms with Gasteiger partial charge in [0.25, 0.3) is 5.95 Å². The Hall–Kier alpha value is -2.22. The highest BCUT2D eigenvalue weighted by Crippen LogP contribution is 2.19. The van der Waals surface area contributed by atoms with Crippen molar-refractivity contribution in [3.8, 4) is 5.95 Å². The largest absolute Gasteiger partial charge is 0.377 e. The first-order chi connectivity index (χ1) is 10.3. The van der Waals surface area contributed by atoms with Crippen LogP contribution in [0.1, 0.15) is 19.8 Å². The Bertz CT molecular complexity index is 584. The lowest BCUT2D eigenvalue weighted by Gasteiger charge is -2.32. The van der Waals surface area contributed by atoms with E-state index in [1.807, 2.05) is 13.0 Å². The van der Waals surface area contributed by atoms with Gasteiger partial charge in [-0.1, -0.05) is 0 Å². The summed E-state index contributed by atoms with van der Waals surface area (Å²) in [6.07, 6.45) is 5.78. The van der Waals surface area contributed by atoms with Crippen molar-refractivity contribution in [2.75, 3.05) is 30.3 Å². The first kappa shape index (κ1) is 13.7. The van der Waals surface area contributed by atoms with Gasteiger partial charge >= 0.3 is 0 Å². The maximum atomic E-state index is 5.80. The summed E-state index contributed by atoms with van der Waals surface area (Å²) in [7, 11) is 0. The zero-order valence-corrected chi connectivity index (χ0v) is 12.0. The molecule has 1 aliphatic rings. The second kappa shape index (κ2) is 6.04. The van der Waals surface area contributed by atoms with Gasteiger partial charge in [-0.2, -0.15) is 20.1 Å². The Labute approximate surface area is 123 Å². The molecule has 0 aliphatic carbocycles. The molecule has 0 aromatic carbocycles. The molecule has 2 aromatic rings. The van der Waals surface area contributed by atoms with Crippen LogP contribution in [0.5, 0.6) is 0 Å². The fraction of sp³-hybridized carbons (Fsp3) is 0.538. The third-order valence-corrected chi connectivity index (χ3v) is 3.40. The van der Waals surface area contributed by atoms with Gasteiger partial charge in [-0.05, 0) is 25.8 Å². The van der Waals surface area contributed by atoms with Crippen molar-refractivity contribution >= 4 is 11.9 Å². The van der Waals surface area contributed by atoms with E-state index in [1.165, 1.54) is 0 Å². The molecule has 3 rings (SSSR count). The number of piperidine rings is 1. The highest BCUT2D eigenvalue weighted by Gasteiger charge is 2.23. The predicted octanol–water partition coefficient (Wildman–Crippen LogP) is 0.645. The van der Waals surface area contributed by atoms with E-state index in [-0.39, 0.29) is 12.1 Å². The number of rotatable bonds is 4. The van der Waals surface area contributed by atoms with E-state index in [1.54, 1.807) is 17.1 Å². The van der Waals surface area contributed by atoms with E-state index >= 15 is 0 Å². The second-order valence-corrected chi connectivity index (χ2v) is 4.91. The van der Waals surface area contributed by atoms with E-state index in [4.69, 9.17) is 10.5 Å². The standard InChI is InChI=1S/C13H19N7O/c1-2-21-10-5-3-7-19(9-10)12-16-11(14)17-13(18-12)20-8-4-6-15-20/h4,6,8,10H,2-3,5,7,9H2,1H3,(H2,14,16,17,18). The Morgan fingerprint density at radius 1 is 1.33 bits per heavy atom. The van der Waals surface area contributed by atoms with Crippen LogP contribution in [0.3, 0.4) is 0 Å². The highest BCUT2D eigenvalue weighted by molar-refractivity contribution is 5.38. The van der Waals surface area contributed by atoms with Crippen molar-refractivity contribution in [2.24, 2.45) is 0 Å². The minimum Gasteiger partial charge on any atom is -0.377 e. The lowest BCUT2D eigenvalue weighted by Crippen LogP contribution is -2.41. The van der Waals surface area contributed by atoms with Gasteiger partial charge in [-0.25, -0.2) is 4.68 Å². The summed E-state index contributed by atoms with van der Waals surface area (Å²) in [5, 5.41) is 4.12. The first-order valence-corrected chi connectivity index (χ1v) is 7.14. The van der Waals surface area contributed by atoms with Crippen LogP contribution in [0.25, 0.3) is 5.95 Å². The normalized spacial score (nSPS) is 18.9. The molecule has 1 saturated heterocycles. The number of anilines is 2. The van der Waals surface area contributed by atoms with E-state index in [0.29, 0.717) is 11.9 Å². The zero-order valence-electron chi connectivity index (χ0n) is 12.0. The van der Waals surface area contributed by atoms with Crippen LogP contribution in [-0.4, -0.2) is 50.5 Å². The maximum Gasteiger partial charge on any atom is 0.257 e. The van der Waals surface area contributed by atoms with Gasteiger partial charge in [0.2, 0.25) is 11.9 Å². The molecule has 112 valence electrons. The lowest BCUT2D eigenvalue weighted by molar-refractivity contribution is 0.0523. The quantitative estimate of drug-likeness (QED) is 0.882. The summed E-state index contributed by atoms with van der Waals surface area (Å²) in [6, 6.07) is 1.81. The maximum absolute atomic E-state index is 5.80. The van der Waals surface area contributed by atoms with E-state index in [2.05, 4.69) is 25.0 Å². The fourth-order valence-electron chi connectivity index (χ4n) is 2.49. The van der Waals surface area contributed by atoms with Crippen molar-refractivity contribution in [1.29, 1.82) is 0 Å². The van der Waals surface area contributed by atoms with Crippen molar-refractivity contribution in [1.82, 2.24) is 24.7 Å². The number of nitrogen functional groups attached to an aromatic ring is 1. The van der Waals surface area contributed by atoms with Crippen molar-refractivity contribution in [3.63, 3.8) is 0 Å². The highest BCUT2D eigenvalue weighted by atomic mass is 16.5. The van der Waals surface area contributed by atoms with Gasteiger partial charge in [0.05, 0.1) is 6.10 Å². The van der Waals surface area contributed by atoms with Gasteiger partial charge < -0.3 is 15.4 Å². The number of hydrogen-bond donors (Lipinski definition) is 1. The topological polar surface area (TPSA) is 95.0 Å². The Balaban J connectivity index is 1.84. The average molecular weight is 289 g/mol. The van der Waals surface area contributed by atoms with Crippen LogP contribution in [0.2, 0.25) is 0 Å². The zero-order chi connectivity index (χ0) is 14.7. The SMILES string of the molecule is CCOC1CCCN(c2nc(N)nc(-n3cccn3)n2)C1. The van der Waals surface area contributed by atoms with Crippen LogP contribution in [0, 0.1) is 0 Å². The first-order valence-electron chi connectivity index (χ1n) is 7.14. The van der Waals surface area contributed by atoms with Crippen LogP contribution < -0.4 is 10.6 Å². The molecule has 1 atom stereocenters. The molecule has 8 heteroatoms. The molecule has 8 nitrogen and oxygen atoms in total. The molecule has 2 aromatic heterocycles. The molecule has 0 saturated carbocycles. The molecule has 1 aliphatic heterocycles. The van der Waals surface area contributed by atoms with Gasteiger partial charge in [0, 0.05) is 32.1 Å². The third kappa shape index (κ3) is 3.10. The van der Waals surface area contributed by atoms with Crippen LogP contribution in [-0.2, 0) is 4.74 Å². The molecule has 3 heterocycles. The second-order valence-electron chi connectivity index (χ2n) is 4.91. The van der Waals surface area contributed by atoms with E-state index in [9.17, 15) is 0 Å². The molecular formula is C13H19N7O. The number of aromatic nitrogens is 5. The van der Waals surface area contributed by atoms with Gasteiger partial charge in [-0.15, -0.1) is 0 Å². The van der Waals surface area contributed by atoms with E-state index < -0.39 is 0 Å². The van der Waals surface area contributed by atoms with Gasteiger partial charge in [-0.3, -0.25) is 0 Å². The molecule has 1 fully saturated rings. The van der Waals surface area contributed by atoms with Crippen molar-refractivity contribution in [2.45, 2.75) is 25.9 Å². The Morgan fingerprint density at radius 3 is 2.95 bits per heavy atom. The fourth-order valence-corrected chi connectivity index (χ4v) is 2.49. The molecule has 1 unspecified atom stereocenters. The summed E-state index contributed by atoms with van der Waals surface area (Å²) in [6.45, 7) is 4.40. The summed E-state index contributed by atoms with van der Waals surface area (Å²) in [5.41, 5.74) is 5.80. The van der Waals surface area contributed by atoms with Crippen molar-refractivity contribution < 1.29 is 4.74 Å². The lowest BCUT2D eigenvalue weighted by atomic mass is 10.1. The Kier molecular flexibility index (Phi) is 3.96. The van der Waals surface area contributed by atoms with Gasteiger partial charge in [0.15, 0.2) is 0 Å². The van der Waals surface area contributed by atoms with E-state index in [0.717, 1.165) is 32.5 Å². The van der Waals surface area contributed by atoms with Crippen LogP contribution >= 0.6 is 0 Å². The summed E-state index contributed by atoms with van der Waals surface area (Å²) in [5.74, 6) is 1.21. The monoisotopic (exact) mass is 289 g/mol. The predicted molar refractivity (Wildman–Crippen MR) is 78.2 cm³/mol. The molecule has 21 heavy (non-hydrogen) atoms. The molecule has 0 amide bonds. The molecule has 0 bridgehead atoms. The summed E-state index contributed by atoms with van der Waals surface area (Å²) >= 11 is 0. The molecule has 2 N–H and O–H groups in total. The third-order valence-electron chi connectivity index (χ3n) is 3.40. The smallest absolute Gasteiger partial charge is 0.257 e. The number of nitrogens with two attached hydrogens (primary N) is 1. The molecule has 0 spiro atoms. The Morgan fingerprint density at radius 2 is 2.19 bits per heavy atom. The van der Waals surface area contributed by atoms with Crippen LogP contribution in [0.15, 0.2) is 18.5 Å². The minimum absolute atomic E-state index is 0.198. The number of hydrogen-bond acceptors (Lipinski definition) is 7. The van der Waals surface area contributed by atoms with Gasteiger partial charge in [0.1, 0.15) is 0 Å². The minimum atomic E-state index is 0.198. The molecular weight excluding hydrogens is 270 g/mol. The van der Waals surface area contributed by atoms with Crippen LogP contribution in [0.4, 0.5) is 11.9 Å². The summed E-state index contributed by atoms with van der Waals surface area (Å²) in [4.78, 5) is 14.9.